The first-order valence-corrected chi connectivity index (χ1v) is 11.1. The number of ether oxygens (including phenoxy) is 1. The fourth-order valence-electron chi connectivity index (χ4n) is 3.98. The molecule has 1 atom stereocenters. The third-order valence-corrected chi connectivity index (χ3v) is 5.89. The van der Waals surface area contributed by atoms with Gasteiger partial charge in [0.25, 0.3) is 5.91 Å². The smallest absolute Gasteiger partial charge is 0.262 e. The standard InChI is InChI=1S/C27H26N6O2/c1-18-13-22(20(3)33(18)25-9-11-26(35-4)12-10-25)14-23(15-28)27(34)31-19(2)21-5-7-24(8-6-21)32-17-29-16-30-32/h5-14,16-17,19H,1-4H3,(H,31,34)/b23-14+. The molecule has 0 fully saturated rings. The number of methoxy groups -OCH3 is 1. The number of hydrogen-bond acceptors (Lipinski definition) is 5. The van der Waals surface area contributed by atoms with Crippen molar-refractivity contribution in [2.45, 2.75) is 26.8 Å². The van der Waals surface area contributed by atoms with E-state index in [0.29, 0.717) is 0 Å². The third-order valence-electron chi connectivity index (χ3n) is 5.89. The number of aryl methyl sites for hydroxylation is 1. The van der Waals surface area contributed by atoms with Crippen LogP contribution < -0.4 is 10.1 Å². The van der Waals surface area contributed by atoms with Gasteiger partial charge in [-0.15, -0.1) is 0 Å². The van der Waals surface area contributed by atoms with Gasteiger partial charge in [-0.05, 0) is 80.4 Å². The van der Waals surface area contributed by atoms with Crippen LogP contribution in [0.15, 0.2) is 72.8 Å². The van der Waals surface area contributed by atoms with E-state index in [0.717, 1.165) is 39.6 Å². The van der Waals surface area contributed by atoms with Gasteiger partial charge in [0, 0.05) is 17.1 Å². The van der Waals surface area contributed by atoms with Crippen LogP contribution in [0, 0.1) is 25.2 Å². The second-order valence-corrected chi connectivity index (χ2v) is 8.16. The zero-order valence-electron chi connectivity index (χ0n) is 20.1. The van der Waals surface area contributed by atoms with Gasteiger partial charge in [0.2, 0.25) is 0 Å². The van der Waals surface area contributed by atoms with E-state index in [1.54, 1.807) is 24.2 Å². The molecule has 176 valence electrons. The molecule has 35 heavy (non-hydrogen) atoms. The van der Waals surface area contributed by atoms with E-state index in [4.69, 9.17) is 4.74 Å². The Balaban J connectivity index is 1.52. The van der Waals surface area contributed by atoms with Crippen molar-refractivity contribution in [3.63, 3.8) is 0 Å². The fourth-order valence-corrected chi connectivity index (χ4v) is 3.98. The van der Waals surface area contributed by atoms with E-state index >= 15 is 0 Å². The maximum atomic E-state index is 12.9. The van der Waals surface area contributed by atoms with Crippen LogP contribution in [0.4, 0.5) is 0 Å². The second-order valence-electron chi connectivity index (χ2n) is 8.16. The zero-order valence-corrected chi connectivity index (χ0v) is 20.1. The third kappa shape index (κ3) is 4.99. The van der Waals surface area contributed by atoms with Gasteiger partial charge >= 0.3 is 0 Å². The van der Waals surface area contributed by atoms with Crippen molar-refractivity contribution in [1.29, 1.82) is 5.26 Å². The predicted molar refractivity (Wildman–Crippen MR) is 133 cm³/mol. The summed E-state index contributed by atoms with van der Waals surface area (Å²) < 4.78 is 8.98. The minimum absolute atomic E-state index is 0.0473. The number of benzene rings is 2. The number of nitriles is 1. The molecule has 0 aliphatic heterocycles. The van der Waals surface area contributed by atoms with E-state index in [1.165, 1.54) is 6.33 Å². The maximum absolute atomic E-state index is 12.9. The topological polar surface area (TPSA) is 97.8 Å². The normalized spacial score (nSPS) is 12.1. The molecular formula is C27H26N6O2. The average molecular weight is 467 g/mol. The summed E-state index contributed by atoms with van der Waals surface area (Å²) in [5, 5.41) is 16.7. The SMILES string of the molecule is COc1ccc(-n2c(C)cc(/C=C(\C#N)C(=O)NC(C)c3ccc(-n4cncn4)cc3)c2C)cc1. The molecule has 0 aliphatic rings. The number of nitrogens with one attached hydrogen (secondary N) is 1. The lowest BCUT2D eigenvalue weighted by atomic mass is 10.1. The molecule has 4 rings (SSSR count). The van der Waals surface area contributed by atoms with E-state index in [1.807, 2.05) is 75.4 Å². The summed E-state index contributed by atoms with van der Waals surface area (Å²) in [6.45, 7) is 5.84. The average Bonchev–Trinajstić information content (AvgIpc) is 3.50. The molecule has 0 aliphatic carbocycles. The van der Waals surface area contributed by atoms with Crippen LogP contribution in [0.1, 0.15) is 35.5 Å². The zero-order chi connectivity index (χ0) is 24.9. The van der Waals surface area contributed by atoms with Crippen LogP contribution >= 0.6 is 0 Å². The number of aromatic nitrogens is 4. The van der Waals surface area contributed by atoms with Crippen LogP contribution in [-0.2, 0) is 4.79 Å². The molecule has 4 aromatic rings. The lowest BCUT2D eigenvalue weighted by Crippen LogP contribution is -2.27. The van der Waals surface area contributed by atoms with E-state index < -0.39 is 5.91 Å². The van der Waals surface area contributed by atoms with E-state index in [2.05, 4.69) is 26.0 Å². The molecule has 1 amide bonds. The Kier molecular flexibility index (Phi) is 6.78. The molecule has 0 radical (unpaired) electrons. The van der Waals surface area contributed by atoms with Crippen LogP contribution in [-0.4, -0.2) is 32.3 Å². The van der Waals surface area contributed by atoms with Gasteiger partial charge in [0.1, 0.15) is 30.0 Å². The molecule has 1 unspecified atom stereocenters. The van der Waals surface area contributed by atoms with Gasteiger partial charge in [-0.1, -0.05) is 12.1 Å². The number of hydrogen-bond donors (Lipinski definition) is 1. The Labute approximate surface area is 204 Å². The molecule has 0 spiro atoms. The predicted octanol–water partition coefficient (Wildman–Crippen LogP) is 4.47. The van der Waals surface area contributed by atoms with Crippen LogP contribution in [0.3, 0.4) is 0 Å². The maximum Gasteiger partial charge on any atom is 0.262 e. The van der Waals surface area contributed by atoms with Gasteiger partial charge < -0.3 is 14.6 Å². The Hall–Kier alpha value is -4.64. The lowest BCUT2D eigenvalue weighted by Gasteiger charge is -2.14. The first-order chi connectivity index (χ1) is 16.9. The minimum Gasteiger partial charge on any atom is -0.497 e. The number of rotatable bonds is 7. The van der Waals surface area contributed by atoms with Crippen molar-refractivity contribution in [3.05, 3.63) is 95.3 Å². The van der Waals surface area contributed by atoms with Crippen molar-refractivity contribution in [2.24, 2.45) is 0 Å². The lowest BCUT2D eigenvalue weighted by molar-refractivity contribution is -0.117. The van der Waals surface area contributed by atoms with Crippen molar-refractivity contribution < 1.29 is 9.53 Å². The van der Waals surface area contributed by atoms with Crippen LogP contribution in [0.2, 0.25) is 0 Å². The van der Waals surface area contributed by atoms with Gasteiger partial charge in [-0.3, -0.25) is 4.79 Å². The fraction of sp³-hybridized carbons (Fsp3) is 0.185. The van der Waals surface area contributed by atoms with Gasteiger partial charge in [0.05, 0.1) is 18.8 Å². The molecule has 2 aromatic carbocycles. The summed E-state index contributed by atoms with van der Waals surface area (Å²) in [6, 6.07) is 19.1. The summed E-state index contributed by atoms with van der Waals surface area (Å²) in [5.41, 5.74) is 5.56. The van der Waals surface area contributed by atoms with Crippen molar-refractivity contribution >= 4 is 12.0 Å². The number of carbonyl (C=O) groups excluding carboxylic acids is 1. The second kappa shape index (κ2) is 10.1. The van der Waals surface area contributed by atoms with Crippen molar-refractivity contribution in [1.82, 2.24) is 24.6 Å². The Morgan fingerprint density at radius 1 is 1.11 bits per heavy atom. The molecule has 0 saturated carbocycles. The molecule has 1 N–H and O–H groups in total. The Morgan fingerprint density at radius 2 is 1.80 bits per heavy atom. The highest BCUT2D eigenvalue weighted by atomic mass is 16.5. The Morgan fingerprint density at radius 3 is 2.40 bits per heavy atom. The van der Waals surface area contributed by atoms with Crippen molar-refractivity contribution in [3.8, 4) is 23.2 Å². The quantitative estimate of drug-likeness (QED) is 0.320. The highest BCUT2D eigenvalue weighted by Gasteiger charge is 2.16. The molecular weight excluding hydrogens is 440 g/mol. The van der Waals surface area contributed by atoms with E-state index in [9.17, 15) is 10.1 Å². The number of carbonyl (C=O) groups is 1. The molecule has 2 heterocycles. The number of nitrogens with zero attached hydrogens (tertiary/aromatic N) is 5. The van der Waals surface area contributed by atoms with Gasteiger partial charge in [-0.25, -0.2) is 9.67 Å². The van der Waals surface area contributed by atoms with Gasteiger partial charge in [0.15, 0.2) is 0 Å². The summed E-state index contributed by atoms with van der Waals surface area (Å²) in [4.78, 5) is 16.9. The molecule has 0 saturated heterocycles. The van der Waals surface area contributed by atoms with E-state index in [-0.39, 0.29) is 11.6 Å². The molecule has 8 heteroatoms. The number of amides is 1. The first-order valence-electron chi connectivity index (χ1n) is 11.1. The Bertz CT molecular complexity index is 1390. The van der Waals surface area contributed by atoms with Crippen molar-refractivity contribution in [2.75, 3.05) is 7.11 Å². The highest BCUT2D eigenvalue weighted by molar-refractivity contribution is 6.02. The molecule has 2 aromatic heterocycles. The molecule has 8 nitrogen and oxygen atoms in total. The first kappa shape index (κ1) is 23.5. The van der Waals surface area contributed by atoms with Crippen LogP contribution in [0.25, 0.3) is 17.5 Å². The largest absolute Gasteiger partial charge is 0.497 e. The van der Waals surface area contributed by atoms with Gasteiger partial charge in [-0.2, -0.15) is 10.4 Å². The van der Waals surface area contributed by atoms with Crippen LogP contribution in [0.5, 0.6) is 5.75 Å². The summed E-state index contributed by atoms with van der Waals surface area (Å²) in [5.74, 6) is 0.358. The molecule has 0 bridgehead atoms. The summed E-state index contributed by atoms with van der Waals surface area (Å²) >= 11 is 0. The highest BCUT2D eigenvalue weighted by Crippen LogP contribution is 2.24. The summed E-state index contributed by atoms with van der Waals surface area (Å²) in [6.07, 6.45) is 4.73. The minimum atomic E-state index is -0.422. The monoisotopic (exact) mass is 466 g/mol. The summed E-state index contributed by atoms with van der Waals surface area (Å²) in [7, 11) is 1.63.